The van der Waals surface area contributed by atoms with Gasteiger partial charge in [-0.3, -0.25) is 0 Å². The molecule has 8 rings (SSSR count). The van der Waals surface area contributed by atoms with Crippen LogP contribution >= 0.6 is 28.3 Å². The van der Waals surface area contributed by atoms with Crippen molar-refractivity contribution in [1.29, 1.82) is 0 Å². The second kappa shape index (κ2) is 21.0. The van der Waals surface area contributed by atoms with Crippen LogP contribution in [-0.4, -0.2) is 0 Å². The molecule has 0 aliphatic rings. The van der Waals surface area contributed by atoms with Crippen LogP contribution in [0.4, 0.5) is 0 Å². The van der Waals surface area contributed by atoms with Crippen molar-refractivity contribution in [2.45, 2.75) is 0 Å². The van der Waals surface area contributed by atoms with E-state index >= 15 is 0 Å². The van der Waals surface area contributed by atoms with Gasteiger partial charge in [0.2, 0.25) is 0 Å². The van der Waals surface area contributed by atoms with Gasteiger partial charge in [0, 0.05) is 16.5 Å². The van der Waals surface area contributed by atoms with E-state index in [0.717, 1.165) is 0 Å². The fourth-order valence-corrected chi connectivity index (χ4v) is 10.4. The molecule has 4 heteroatoms. The summed E-state index contributed by atoms with van der Waals surface area (Å²) in [6.07, 6.45) is 0. The molecular formula is C46H39ClNiP2+. The largest absolute Gasteiger partial charge is 0.147 e. The van der Waals surface area contributed by atoms with Crippen molar-refractivity contribution >= 4 is 70.8 Å². The van der Waals surface area contributed by atoms with Crippen molar-refractivity contribution in [2.75, 3.05) is 0 Å². The standard InChI is InChI=1S/2C18H15P.C10H7.ClH.Ni/c2*1-4-10-16(11-5-1)19(17-12-6-2-7-13-17)18-14-8-3-9-15-18;1-2-6-10-8-4-3-7-9(10)5-1;;/h2*1-15H;1-7H;1H;/p+1. The third kappa shape index (κ3) is 10.8. The number of hydrogen-bond acceptors (Lipinski definition) is 0. The first-order valence-corrected chi connectivity index (χ1v) is 19.0. The fraction of sp³-hybridized carbons (Fsp3) is 0. The Kier molecular flexibility index (Phi) is 16.2. The van der Waals surface area contributed by atoms with Gasteiger partial charge >= 0.3 is 0 Å². The maximum atomic E-state index is 3.15. The molecule has 0 saturated carbocycles. The summed E-state index contributed by atoms with van der Waals surface area (Å²) in [5, 5.41) is 10.9. The Balaban J connectivity index is 0.000000173. The van der Waals surface area contributed by atoms with Gasteiger partial charge in [0.1, 0.15) is 15.9 Å². The third-order valence-electron chi connectivity index (χ3n) is 7.80. The van der Waals surface area contributed by atoms with Gasteiger partial charge in [0.15, 0.2) is 0 Å². The van der Waals surface area contributed by atoms with E-state index in [4.69, 9.17) is 0 Å². The quantitative estimate of drug-likeness (QED) is 0.117. The van der Waals surface area contributed by atoms with Gasteiger partial charge in [-0.15, -0.1) is 12.4 Å². The minimum absolute atomic E-state index is 0. The number of rotatable bonds is 6. The molecule has 8 aromatic rings. The molecular weight excluding hydrogens is 709 g/mol. The number of hydrogen-bond donors (Lipinski definition) is 0. The Bertz CT molecular complexity index is 1690. The topological polar surface area (TPSA) is 0 Å². The molecule has 50 heavy (non-hydrogen) atoms. The zero-order valence-corrected chi connectivity index (χ0v) is 31.2. The van der Waals surface area contributed by atoms with Gasteiger partial charge in [-0.2, -0.15) is 0 Å². The van der Waals surface area contributed by atoms with Crippen LogP contribution in [0.1, 0.15) is 0 Å². The average molecular weight is 748 g/mol. The van der Waals surface area contributed by atoms with E-state index < -0.39 is 15.8 Å². The molecule has 0 bridgehead atoms. The zero-order chi connectivity index (χ0) is 32.6. The summed E-state index contributed by atoms with van der Waals surface area (Å²) in [6.45, 7) is 0. The summed E-state index contributed by atoms with van der Waals surface area (Å²) in [5.41, 5.74) is 0. The van der Waals surface area contributed by atoms with Gasteiger partial charge in [-0.05, 0) is 77.1 Å². The Morgan fingerprint density at radius 1 is 0.340 bits per heavy atom. The van der Waals surface area contributed by atoms with Gasteiger partial charge in [0.05, 0.1) is 7.92 Å². The van der Waals surface area contributed by atoms with E-state index in [-0.39, 0.29) is 28.9 Å². The molecule has 0 aliphatic heterocycles. The van der Waals surface area contributed by atoms with E-state index in [2.05, 4.69) is 206 Å². The summed E-state index contributed by atoms with van der Waals surface area (Å²) in [6, 6.07) is 82.2. The molecule has 0 aliphatic carbocycles. The molecule has 0 saturated heterocycles. The molecule has 249 valence electrons. The molecule has 0 amide bonds. The van der Waals surface area contributed by atoms with Crippen LogP contribution < -0.4 is 31.8 Å². The minimum Gasteiger partial charge on any atom is -0.147 e. The minimum atomic E-state index is -0.877. The first-order chi connectivity index (χ1) is 23.9. The van der Waals surface area contributed by atoms with Crippen LogP contribution in [0.3, 0.4) is 0 Å². The third-order valence-corrected chi connectivity index (χ3v) is 13.0. The summed E-state index contributed by atoms with van der Waals surface area (Å²) in [5.74, 6) is 0. The average Bonchev–Trinajstić information content (AvgIpc) is 3.18. The van der Waals surface area contributed by atoms with E-state index in [1.165, 1.54) is 42.6 Å². The Morgan fingerprint density at radius 2 is 0.640 bits per heavy atom. The van der Waals surface area contributed by atoms with E-state index in [1.54, 1.807) is 0 Å². The molecule has 0 aromatic heterocycles. The molecule has 0 atom stereocenters. The van der Waals surface area contributed by atoms with Crippen LogP contribution in [0, 0.1) is 6.07 Å². The van der Waals surface area contributed by atoms with E-state index in [1.807, 2.05) is 24.3 Å². The number of fused-ring (bicyclic) bond motifs is 1. The van der Waals surface area contributed by atoms with Gasteiger partial charge in [-0.25, -0.2) is 0 Å². The van der Waals surface area contributed by atoms with Crippen molar-refractivity contribution < 1.29 is 16.5 Å². The van der Waals surface area contributed by atoms with Crippen LogP contribution in [0.25, 0.3) is 10.8 Å². The first-order valence-electron chi connectivity index (χ1n) is 16.2. The summed E-state index contributed by atoms with van der Waals surface area (Å²) < 4.78 is 0. The molecule has 0 nitrogen and oxygen atoms in total. The molecule has 8 aromatic carbocycles. The molecule has 0 N–H and O–H groups in total. The zero-order valence-electron chi connectivity index (χ0n) is 27.5. The Hall–Kier alpha value is -4.34. The van der Waals surface area contributed by atoms with Gasteiger partial charge in [0.25, 0.3) is 0 Å². The summed E-state index contributed by atoms with van der Waals surface area (Å²) >= 11 is 0. The second-order valence-corrected chi connectivity index (χ2v) is 15.8. The number of halogens is 1. The van der Waals surface area contributed by atoms with Crippen LogP contribution in [0.2, 0.25) is 0 Å². The molecule has 0 heterocycles. The smallest absolute Gasteiger partial charge is 0.102 e. The van der Waals surface area contributed by atoms with Crippen molar-refractivity contribution in [3.05, 3.63) is 231 Å². The molecule has 0 fully saturated rings. The van der Waals surface area contributed by atoms with Crippen molar-refractivity contribution in [2.24, 2.45) is 0 Å². The fourth-order valence-electron chi connectivity index (χ4n) is 5.56. The number of benzene rings is 8. The SMILES string of the molecule is Cl.[Ni].[c]1cccc2ccccc12.c1ccc(P(c2ccccc2)c2ccccc2)cc1.c1ccc([PH+](c2ccccc2)c2ccccc2)cc1. The maximum Gasteiger partial charge on any atom is 0.102 e. The Morgan fingerprint density at radius 3 is 1.00 bits per heavy atom. The van der Waals surface area contributed by atoms with E-state index in [9.17, 15) is 0 Å². The van der Waals surface area contributed by atoms with Crippen LogP contribution in [-0.2, 0) is 16.5 Å². The Labute approximate surface area is 316 Å². The second-order valence-electron chi connectivity index (χ2n) is 11.1. The van der Waals surface area contributed by atoms with Gasteiger partial charge in [-0.1, -0.05) is 188 Å². The van der Waals surface area contributed by atoms with Crippen LogP contribution in [0.5, 0.6) is 0 Å². The predicted molar refractivity (Wildman–Crippen MR) is 222 cm³/mol. The summed E-state index contributed by atoms with van der Waals surface area (Å²) in [7, 11) is -1.32. The molecule has 1 radical (unpaired) electrons. The van der Waals surface area contributed by atoms with Crippen LogP contribution in [0.15, 0.2) is 224 Å². The first kappa shape index (κ1) is 38.5. The van der Waals surface area contributed by atoms with E-state index in [0.29, 0.717) is 0 Å². The van der Waals surface area contributed by atoms with Gasteiger partial charge < -0.3 is 0 Å². The van der Waals surface area contributed by atoms with Crippen molar-refractivity contribution in [3.8, 4) is 0 Å². The monoisotopic (exact) mass is 746 g/mol. The maximum absolute atomic E-state index is 3.15. The van der Waals surface area contributed by atoms with Crippen molar-refractivity contribution in [1.82, 2.24) is 0 Å². The predicted octanol–water partition coefficient (Wildman–Crippen LogP) is 9.68. The van der Waals surface area contributed by atoms with Crippen molar-refractivity contribution in [3.63, 3.8) is 0 Å². The molecule has 0 spiro atoms. The normalized spacial score (nSPS) is 10.0. The summed E-state index contributed by atoms with van der Waals surface area (Å²) in [4.78, 5) is 0. The molecule has 0 unspecified atom stereocenters.